The number of hydrogen-bond acceptors (Lipinski definition) is 6. The Balaban J connectivity index is 1.76. The molecule has 0 heterocycles. The molecule has 6 heteroatoms. The number of ether oxygens (including phenoxy) is 5. The Kier molecular flexibility index (Phi) is 12.0. The summed E-state index contributed by atoms with van der Waals surface area (Å²) in [5.41, 5.74) is 1.16. The molecule has 130 valence electrons. The molecular formula is C17H26O6. The summed E-state index contributed by atoms with van der Waals surface area (Å²) in [6.07, 6.45) is 0.266. The van der Waals surface area contributed by atoms with Gasteiger partial charge in [0.1, 0.15) is 0 Å². The van der Waals surface area contributed by atoms with Crippen LogP contribution in [0.15, 0.2) is 30.3 Å². The summed E-state index contributed by atoms with van der Waals surface area (Å²) < 4.78 is 25.9. The molecule has 1 aromatic rings. The molecule has 6 nitrogen and oxygen atoms in total. The first-order chi connectivity index (χ1) is 11.3. The van der Waals surface area contributed by atoms with E-state index in [4.69, 9.17) is 18.9 Å². The van der Waals surface area contributed by atoms with E-state index < -0.39 is 0 Å². The minimum atomic E-state index is -0.270. The Labute approximate surface area is 137 Å². The molecule has 0 amide bonds. The number of rotatable bonds is 14. The summed E-state index contributed by atoms with van der Waals surface area (Å²) in [5, 5.41) is 0. The third-order valence-electron chi connectivity index (χ3n) is 2.91. The van der Waals surface area contributed by atoms with Crippen LogP contribution in [0.25, 0.3) is 0 Å². The number of esters is 1. The van der Waals surface area contributed by atoms with Crippen LogP contribution in [0.3, 0.4) is 0 Å². The highest BCUT2D eigenvalue weighted by atomic mass is 16.6. The number of benzene rings is 1. The molecule has 0 unspecified atom stereocenters. The standard InChI is InChI=1S/C17H26O6/c1-19-17(18)7-8-20-9-10-21-11-12-22-13-14-23-15-16-5-3-2-4-6-16/h2-6H,7-15H2,1H3. The molecule has 0 radical (unpaired) electrons. The number of carbonyl (C=O) groups is 1. The van der Waals surface area contributed by atoms with Crippen LogP contribution in [-0.2, 0) is 35.1 Å². The molecule has 0 spiro atoms. The summed E-state index contributed by atoms with van der Waals surface area (Å²) in [7, 11) is 1.36. The van der Waals surface area contributed by atoms with E-state index in [0.29, 0.717) is 52.9 Å². The van der Waals surface area contributed by atoms with Crippen molar-refractivity contribution in [3.63, 3.8) is 0 Å². The summed E-state index contributed by atoms with van der Waals surface area (Å²) in [5.74, 6) is -0.270. The molecule has 1 rings (SSSR count). The molecule has 0 fully saturated rings. The molecule has 0 atom stereocenters. The molecule has 1 aromatic carbocycles. The predicted molar refractivity (Wildman–Crippen MR) is 85.2 cm³/mol. The van der Waals surface area contributed by atoms with Crippen molar-refractivity contribution in [2.45, 2.75) is 13.0 Å². The molecule has 0 aliphatic heterocycles. The van der Waals surface area contributed by atoms with E-state index >= 15 is 0 Å². The maximum atomic E-state index is 10.8. The van der Waals surface area contributed by atoms with Crippen molar-refractivity contribution in [3.05, 3.63) is 35.9 Å². The highest BCUT2D eigenvalue weighted by molar-refractivity contribution is 5.69. The Morgan fingerprint density at radius 2 is 1.30 bits per heavy atom. The predicted octanol–water partition coefficient (Wildman–Crippen LogP) is 1.82. The quantitative estimate of drug-likeness (QED) is 0.384. The van der Waals surface area contributed by atoms with Crippen molar-refractivity contribution in [2.75, 3.05) is 53.4 Å². The van der Waals surface area contributed by atoms with E-state index in [1.54, 1.807) is 0 Å². The lowest BCUT2D eigenvalue weighted by Crippen LogP contribution is -2.13. The van der Waals surface area contributed by atoms with Crippen LogP contribution in [-0.4, -0.2) is 59.3 Å². The van der Waals surface area contributed by atoms with Gasteiger partial charge < -0.3 is 23.7 Å². The molecule has 0 saturated heterocycles. The Morgan fingerprint density at radius 3 is 1.87 bits per heavy atom. The maximum Gasteiger partial charge on any atom is 0.307 e. The van der Waals surface area contributed by atoms with Crippen LogP contribution >= 0.6 is 0 Å². The molecule has 0 saturated carbocycles. The largest absolute Gasteiger partial charge is 0.469 e. The SMILES string of the molecule is COC(=O)CCOCCOCCOCCOCc1ccccc1. The Morgan fingerprint density at radius 1 is 0.783 bits per heavy atom. The van der Waals surface area contributed by atoms with E-state index in [9.17, 15) is 4.79 Å². The molecular weight excluding hydrogens is 300 g/mol. The lowest BCUT2D eigenvalue weighted by molar-refractivity contribution is -0.141. The number of methoxy groups -OCH3 is 1. The van der Waals surface area contributed by atoms with Crippen molar-refractivity contribution in [3.8, 4) is 0 Å². The normalized spacial score (nSPS) is 10.7. The van der Waals surface area contributed by atoms with Gasteiger partial charge in [-0.15, -0.1) is 0 Å². The fourth-order valence-corrected chi connectivity index (χ4v) is 1.68. The Bertz CT molecular complexity index is 395. The zero-order chi connectivity index (χ0) is 16.6. The van der Waals surface area contributed by atoms with Crippen LogP contribution in [0.1, 0.15) is 12.0 Å². The van der Waals surface area contributed by atoms with E-state index in [1.165, 1.54) is 7.11 Å². The van der Waals surface area contributed by atoms with Crippen LogP contribution in [0.2, 0.25) is 0 Å². The molecule has 23 heavy (non-hydrogen) atoms. The van der Waals surface area contributed by atoms with E-state index in [1.807, 2.05) is 30.3 Å². The molecule has 0 bridgehead atoms. The maximum absolute atomic E-state index is 10.8. The molecule has 0 N–H and O–H groups in total. The van der Waals surface area contributed by atoms with E-state index in [0.717, 1.165) is 5.56 Å². The van der Waals surface area contributed by atoms with Crippen molar-refractivity contribution in [1.82, 2.24) is 0 Å². The van der Waals surface area contributed by atoms with E-state index in [2.05, 4.69) is 4.74 Å². The van der Waals surface area contributed by atoms with Crippen LogP contribution in [0.4, 0.5) is 0 Å². The van der Waals surface area contributed by atoms with Gasteiger partial charge in [0, 0.05) is 0 Å². The van der Waals surface area contributed by atoms with E-state index in [-0.39, 0.29) is 12.4 Å². The van der Waals surface area contributed by atoms with Gasteiger partial charge in [0.2, 0.25) is 0 Å². The van der Waals surface area contributed by atoms with Crippen LogP contribution in [0.5, 0.6) is 0 Å². The van der Waals surface area contributed by atoms with Gasteiger partial charge in [-0.05, 0) is 5.56 Å². The first-order valence-electron chi connectivity index (χ1n) is 7.74. The summed E-state index contributed by atoms with van der Waals surface area (Å²) >= 11 is 0. The second-order valence-corrected chi connectivity index (χ2v) is 4.70. The van der Waals surface area contributed by atoms with Gasteiger partial charge in [-0.1, -0.05) is 30.3 Å². The van der Waals surface area contributed by atoms with Crippen molar-refractivity contribution in [1.29, 1.82) is 0 Å². The third-order valence-corrected chi connectivity index (χ3v) is 2.91. The van der Waals surface area contributed by atoms with Crippen molar-refractivity contribution < 1.29 is 28.5 Å². The van der Waals surface area contributed by atoms with Gasteiger partial charge >= 0.3 is 5.97 Å². The first kappa shape index (κ1) is 19.6. The smallest absolute Gasteiger partial charge is 0.307 e. The average molecular weight is 326 g/mol. The lowest BCUT2D eigenvalue weighted by Gasteiger charge is -2.07. The summed E-state index contributed by atoms with van der Waals surface area (Å²) in [6, 6.07) is 10.0. The molecule has 0 aromatic heterocycles. The fourth-order valence-electron chi connectivity index (χ4n) is 1.68. The first-order valence-corrected chi connectivity index (χ1v) is 7.74. The number of carbonyl (C=O) groups excluding carboxylic acids is 1. The van der Waals surface area contributed by atoms with Gasteiger partial charge in [-0.25, -0.2) is 0 Å². The minimum Gasteiger partial charge on any atom is -0.469 e. The molecule has 0 aliphatic rings. The van der Waals surface area contributed by atoms with Gasteiger partial charge in [-0.3, -0.25) is 4.79 Å². The molecule has 0 aliphatic carbocycles. The monoisotopic (exact) mass is 326 g/mol. The zero-order valence-electron chi connectivity index (χ0n) is 13.7. The van der Waals surface area contributed by atoms with Gasteiger partial charge in [0.25, 0.3) is 0 Å². The fraction of sp³-hybridized carbons (Fsp3) is 0.588. The topological polar surface area (TPSA) is 63.2 Å². The van der Waals surface area contributed by atoms with Crippen LogP contribution < -0.4 is 0 Å². The lowest BCUT2D eigenvalue weighted by atomic mass is 10.2. The Hall–Kier alpha value is -1.47. The second kappa shape index (κ2) is 14.1. The minimum absolute atomic E-state index is 0.266. The van der Waals surface area contributed by atoms with Crippen molar-refractivity contribution in [2.24, 2.45) is 0 Å². The highest BCUT2D eigenvalue weighted by Crippen LogP contribution is 1.99. The van der Waals surface area contributed by atoms with Gasteiger partial charge in [0.05, 0.1) is 66.4 Å². The highest BCUT2D eigenvalue weighted by Gasteiger charge is 1.99. The van der Waals surface area contributed by atoms with Crippen LogP contribution in [0, 0.1) is 0 Å². The summed E-state index contributed by atoms with van der Waals surface area (Å²) in [4.78, 5) is 10.8. The third kappa shape index (κ3) is 11.7. The summed E-state index contributed by atoms with van der Waals surface area (Å²) in [6.45, 7) is 4.04. The number of hydrogen-bond donors (Lipinski definition) is 0. The second-order valence-electron chi connectivity index (χ2n) is 4.70. The van der Waals surface area contributed by atoms with Gasteiger partial charge in [0.15, 0.2) is 0 Å². The zero-order valence-corrected chi connectivity index (χ0v) is 13.7. The average Bonchev–Trinajstić information content (AvgIpc) is 2.59. The van der Waals surface area contributed by atoms with Crippen molar-refractivity contribution >= 4 is 5.97 Å². The van der Waals surface area contributed by atoms with Gasteiger partial charge in [-0.2, -0.15) is 0 Å².